The minimum atomic E-state index is -1.36. The van der Waals surface area contributed by atoms with E-state index in [0.717, 1.165) is 36.3 Å². The van der Waals surface area contributed by atoms with Crippen LogP contribution in [0.1, 0.15) is 134 Å². The molecule has 3 rings (SSSR count). The molecule has 0 nitrogen and oxygen atoms in total. The van der Waals surface area contributed by atoms with Gasteiger partial charge < -0.3 is 0 Å². The molecular formula is C31H49F3. The van der Waals surface area contributed by atoms with Crippen molar-refractivity contribution in [3.8, 4) is 0 Å². The third-order valence-corrected chi connectivity index (χ3v) is 9.02. The van der Waals surface area contributed by atoms with Crippen molar-refractivity contribution in [2.45, 2.75) is 135 Å². The molecule has 0 N–H and O–H groups in total. The number of hydrogen-bond donors (Lipinski definition) is 0. The van der Waals surface area contributed by atoms with E-state index < -0.39 is 17.5 Å². The fraction of sp³-hybridized carbons (Fsp3) is 0.806. The van der Waals surface area contributed by atoms with Crippen LogP contribution in [0.25, 0.3) is 0 Å². The molecule has 0 unspecified atom stereocenters. The average Bonchev–Trinajstić information content (AvgIpc) is 2.85. The second-order valence-corrected chi connectivity index (χ2v) is 11.7. The Kier molecular flexibility index (Phi) is 12.3. The van der Waals surface area contributed by atoms with E-state index in [9.17, 15) is 13.2 Å². The Balaban J connectivity index is 1.21. The monoisotopic (exact) mass is 478 g/mol. The van der Waals surface area contributed by atoms with Gasteiger partial charge in [0, 0.05) is 0 Å². The fourth-order valence-corrected chi connectivity index (χ4v) is 6.60. The average molecular weight is 479 g/mol. The lowest BCUT2D eigenvalue weighted by molar-refractivity contribution is 0.208. The highest BCUT2D eigenvalue weighted by Gasteiger charge is 2.25. The lowest BCUT2D eigenvalue weighted by atomic mass is 9.74. The summed E-state index contributed by atoms with van der Waals surface area (Å²) in [6, 6.07) is 2.32. The molecule has 0 bridgehead atoms. The molecule has 0 atom stereocenters. The Labute approximate surface area is 207 Å². The molecule has 0 saturated heterocycles. The maximum Gasteiger partial charge on any atom is 0.194 e. The van der Waals surface area contributed by atoms with Crippen LogP contribution in [0, 0.1) is 41.1 Å². The summed E-state index contributed by atoms with van der Waals surface area (Å²) in [7, 11) is 0. The smallest absolute Gasteiger partial charge is 0.194 e. The van der Waals surface area contributed by atoms with Crippen molar-refractivity contribution in [3.63, 3.8) is 0 Å². The summed E-state index contributed by atoms with van der Waals surface area (Å²) in [5, 5.41) is 0. The predicted octanol–water partition coefficient (Wildman–Crippen LogP) is 10.6. The van der Waals surface area contributed by atoms with Crippen molar-refractivity contribution in [1.82, 2.24) is 0 Å². The highest BCUT2D eigenvalue weighted by atomic mass is 19.2. The van der Waals surface area contributed by atoms with Crippen LogP contribution >= 0.6 is 0 Å². The molecule has 2 aliphatic carbocycles. The Hall–Kier alpha value is -0.990. The first-order chi connectivity index (χ1) is 16.5. The minimum absolute atomic E-state index is 0.584. The van der Waals surface area contributed by atoms with Crippen molar-refractivity contribution in [2.24, 2.45) is 23.7 Å². The van der Waals surface area contributed by atoms with E-state index >= 15 is 0 Å². The second-order valence-electron chi connectivity index (χ2n) is 11.7. The van der Waals surface area contributed by atoms with E-state index in [4.69, 9.17) is 0 Å². The Morgan fingerprint density at radius 1 is 0.559 bits per heavy atom. The highest BCUT2D eigenvalue weighted by molar-refractivity contribution is 5.19. The topological polar surface area (TPSA) is 0 Å². The molecule has 0 aromatic heterocycles. The molecule has 2 aliphatic rings. The van der Waals surface area contributed by atoms with Crippen molar-refractivity contribution in [3.05, 3.63) is 35.1 Å². The molecule has 0 aliphatic heterocycles. The molecule has 0 heterocycles. The van der Waals surface area contributed by atoms with E-state index in [1.165, 1.54) is 116 Å². The lowest BCUT2D eigenvalue weighted by Crippen LogP contribution is -2.18. The first kappa shape index (κ1) is 27.6. The molecule has 3 heteroatoms. The number of hydrogen-bond acceptors (Lipinski definition) is 0. The van der Waals surface area contributed by atoms with Crippen LogP contribution < -0.4 is 0 Å². The van der Waals surface area contributed by atoms with Crippen molar-refractivity contribution < 1.29 is 13.2 Å². The number of halogens is 3. The predicted molar refractivity (Wildman–Crippen MR) is 137 cm³/mol. The van der Waals surface area contributed by atoms with Crippen molar-refractivity contribution >= 4 is 0 Å². The molecule has 194 valence electrons. The molecule has 2 saturated carbocycles. The number of aryl methyl sites for hydroxylation is 1. The van der Waals surface area contributed by atoms with Crippen LogP contribution in [0.2, 0.25) is 0 Å². The summed E-state index contributed by atoms with van der Waals surface area (Å²) in [5.74, 6) is 0.00980. The van der Waals surface area contributed by atoms with Gasteiger partial charge in [0.15, 0.2) is 17.5 Å². The number of unbranched alkanes of at least 4 members (excludes halogenated alkanes) is 6. The van der Waals surface area contributed by atoms with Crippen LogP contribution in [0.15, 0.2) is 12.1 Å². The quantitative estimate of drug-likeness (QED) is 0.184. The molecular weight excluding hydrogens is 429 g/mol. The van der Waals surface area contributed by atoms with Crippen LogP contribution in [0.5, 0.6) is 0 Å². The van der Waals surface area contributed by atoms with E-state index in [1.807, 2.05) is 0 Å². The molecule has 1 aromatic rings. The zero-order valence-corrected chi connectivity index (χ0v) is 21.7. The summed E-state index contributed by atoms with van der Waals surface area (Å²) >= 11 is 0. The SMILES string of the molecule is CCCCCCCCCC1CCC(CCC2CCC(CCc3cc(F)c(F)c(F)c3)CC2)CC1. The van der Waals surface area contributed by atoms with Gasteiger partial charge in [0.2, 0.25) is 0 Å². The molecule has 0 amide bonds. The first-order valence-corrected chi connectivity index (χ1v) is 14.7. The zero-order valence-electron chi connectivity index (χ0n) is 21.7. The molecule has 1 aromatic carbocycles. The molecule has 0 spiro atoms. The molecule has 0 radical (unpaired) electrons. The van der Waals surface area contributed by atoms with E-state index in [2.05, 4.69) is 6.92 Å². The van der Waals surface area contributed by atoms with Gasteiger partial charge in [-0.1, -0.05) is 122 Å². The van der Waals surface area contributed by atoms with Gasteiger partial charge in [0.1, 0.15) is 0 Å². The molecule has 34 heavy (non-hydrogen) atoms. The van der Waals surface area contributed by atoms with Gasteiger partial charge in [-0.3, -0.25) is 0 Å². The minimum Gasteiger partial charge on any atom is -0.204 e. The van der Waals surface area contributed by atoms with Gasteiger partial charge in [0.05, 0.1) is 0 Å². The van der Waals surface area contributed by atoms with E-state index in [-0.39, 0.29) is 0 Å². The maximum absolute atomic E-state index is 13.4. The lowest BCUT2D eigenvalue weighted by Gasteiger charge is -2.32. The third kappa shape index (κ3) is 9.57. The second kappa shape index (κ2) is 15.2. The van der Waals surface area contributed by atoms with Gasteiger partial charge in [0.25, 0.3) is 0 Å². The van der Waals surface area contributed by atoms with Crippen LogP contribution in [-0.4, -0.2) is 0 Å². The van der Waals surface area contributed by atoms with Crippen molar-refractivity contribution in [2.75, 3.05) is 0 Å². The van der Waals surface area contributed by atoms with Gasteiger partial charge in [-0.2, -0.15) is 0 Å². The van der Waals surface area contributed by atoms with Gasteiger partial charge in [-0.25, -0.2) is 13.2 Å². The summed E-state index contributed by atoms with van der Waals surface area (Å²) in [5.41, 5.74) is 0.584. The van der Waals surface area contributed by atoms with E-state index in [0.29, 0.717) is 17.9 Å². The Morgan fingerprint density at radius 2 is 0.971 bits per heavy atom. The van der Waals surface area contributed by atoms with Crippen molar-refractivity contribution in [1.29, 1.82) is 0 Å². The van der Waals surface area contributed by atoms with Gasteiger partial charge in [-0.05, 0) is 54.2 Å². The normalized spacial score (nSPS) is 25.5. The third-order valence-electron chi connectivity index (χ3n) is 9.02. The summed E-state index contributed by atoms with van der Waals surface area (Å²) in [6.07, 6.45) is 26.8. The number of rotatable bonds is 14. The summed E-state index contributed by atoms with van der Waals surface area (Å²) in [4.78, 5) is 0. The van der Waals surface area contributed by atoms with Gasteiger partial charge >= 0.3 is 0 Å². The maximum atomic E-state index is 13.4. The summed E-state index contributed by atoms with van der Waals surface area (Å²) in [6.45, 7) is 2.29. The largest absolute Gasteiger partial charge is 0.204 e. The number of benzene rings is 1. The first-order valence-electron chi connectivity index (χ1n) is 14.7. The standard InChI is InChI=1S/C31H49F3/c1-2-3-4-5-6-7-8-9-24-10-12-25(13-11-24)14-15-26-16-18-27(19-17-26)20-21-28-22-29(32)31(34)30(33)23-28/h22-27H,2-21H2,1H3. The van der Waals surface area contributed by atoms with E-state index in [1.54, 1.807) is 0 Å². The Bertz CT molecular complexity index is 661. The summed E-state index contributed by atoms with van der Waals surface area (Å²) < 4.78 is 40.0. The van der Waals surface area contributed by atoms with Crippen LogP contribution in [-0.2, 0) is 6.42 Å². The Morgan fingerprint density at radius 3 is 1.47 bits per heavy atom. The zero-order chi connectivity index (χ0) is 24.2. The van der Waals surface area contributed by atoms with Crippen LogP contribution in [0.4, 0.5) is 13.2 Å². The molecule has 2 fully saturated rings. The van der Waals surface area contributed by atoms with Gasteiger partial charge in [-0.15, -0.1) is 0 Å². The highest BCUT2D eigenvalue weighted by Crippen LogP contribution is 2.38. The fourth-order valence-electron chi connectivity index (χ4n) is 6.60. The van der Waals surface area contributed by atoms with Crippen LogP contribution in [0.3, 0.4) is 0 Å².